The van der Waals surface area contributed by atoms with Crippen molar-refractivity contribution in [3.8, 4) is 6.07 Å². The molecule has 0 aliphatic carbocycles. The number of aromatic nitrogens is 4. The van der Waals surface area contributed by atoms with E-state index < -0.39 is 5.92 Å². The van der Waals surface area contributed by atoms with Gasteiger partial charge in [-0.3, -0.25) is 9.36 Å². The molecule has 1 fully saturated rings. The summed E-state index contributed by atoms with van der Waals surface area (Å²) in [7, 11) is 0. The molecule has 1 aliphatic rings. The van der Waals surface area contributed by atoms with Crippen LogP contribution in [0, 0.1) is 18.3 Å². The number of carbonyl (C=O) groups is 1. The van der Waals surface area contributed by atoms with E-state index in [2.05, 4.69) is 26.2 Å². The van der Waals surface area contributed by atoms with Crippen molar-refractivity contribution >= 4 is 34.8 Å². The van der Waals surface area contributed by atoms with Gasteiger partial charge in [0.15, 0.2) is 16.9 Å². The monoisotopic (exact) mass is 442 g/mol. The average molecular weight is 443 g/mol. The highest BCUT2D eigenvalue weighted by Crippen LogP contribution is 2.28. The number of thioether (sulfide) groups is 1. The van der Waals surface area contributed by atoms with Crippen LogP contribution in [0.3, 0.4) is 0 Å². The van der Waals surface area contributed by atoms with E-state index in [9.17, 15) is 10.1 Å². The Kier molecular flexibility index (Phi) is 6.50. The van der Waals surface area contributed by atoms with Crippen LogP contribution in [0.1, 0.15) is 41.6 Å². The summed E-state index contributed by atoms with van der Waals surface area (Å²) >= 11 is 2.65. The molecule has 0 bridgehead atoms. The number of nitriles is 1. The van der Waals surface area contributed by atoms with E-state index in [1.54, 1.807) is 6.26 Å². The Morgan fingerprint density at radius 2 is 2.20 bits per heavy atom. The zero-order valence-corrected chi connectivity index (χ0v) is 18.3. The van der Waals surface area contributed by atoms with Gasteiger partial charge in [-0.15, -0.1) is 21.5 Å². The van der Waals surface area contributed by atoms with Crippen LogP contribution in [0.15, 0.2) is 33.3 Å². The van der Waals surface area contributed by atoms with Crippen molar-refractivity contribution in [1.29, 1.82) is 5.26 Å². The van der Waals surface area contributed by atoms with Crippen LogP contribution in [0.25, 0.3) is 0 Å². The molecule has 4 heterocycles. The Bertz CT molecular complexity index is 1030. The minimum absolute atomic E-state index is 0.132. The van der Waals surface area contributed by atoms with Crippen molar-refractivity contribution in [2.24, 2.45) is 0 Å². The van der Waals surface area contributed by atoms with Crippen molar-refractivity contribution in [2.45, 2.75) is 43.8 Å². The van der Waals surface area contributed by atoms with Gasteiger partial charge in [-0.05, 0) is 38.3 Å². The molecule has 0 aromatic carbocycles. The van der Waals surface area contributed by atoms with Crippen molar-refractivity contribution < 1.29 is 9.21 Å². The molecule has 0 N–H and O–H groups in total. The van der Waals surface area contributed by atoms with E-state index in [1.165, 1.54) is 29.5 Å². The lowest BCUT2D eigenvalue weighted by atomic mass is 10.1. The van der Waals surface area contributed by atoms with Gasteiger partial charge in [-0.25, -0.2) is 4.98 Å². The summed E-state index contributed by atoms with van der Waals surface area (Å²) in [4.78, 5) is 19.3. The number of carbonyl (C=O) groups excluding carboxylic acids is 1. The summed E-state index contributed by atoms with van der Waals surface area (Å²) in [6.45, 7) is 4.24. The number of anilines is 1. The number of hydrogen-bond donors (Lipinski definition) is 0. The van der Waals surface area contributed by atoms with Crippen LogP contribution < -0.4 is 4.90 Å². The highest BCUT2D eigenvalue weighted by atomic mass is 32.2. The molecule has 3 aromatic rings. The van der Waals surface area contributed by atoms with Crippen LogP contribution in [0.4, 0.5) is 5.95 Å². The molecule has 1 aliphatic heterocycles. The van der Waals surface area contributed by atoms with Crippen LogP contribution in [-0.4, -0.2) is 44.4 Å². The molecule has 0 radical (unpaired) electrons. The smallest absolute Gasteiger partial charge is 0.228 e. The van der Waals surface area contributed by atoms with E-state index in [4.69, 9.17) is 4.42 Å². The number of piperidine rings is 1. The highest BCUT2D eigenvalue weighted by Gasteiger charge is 2.26. The van der Waals surface area contributed by atoms with E-state index in [0.717, 1.165) is 43.3 Å². The topological polar surface area (TPSA) is 101 Å². The molecule has 10 heteroatoms. The lowest BCUT2D eigenvalue weighted by Crippen LogP contribution is -2.32. The fourth-order valence-electron chi connectivity index (χ4n) is 3.40. The molecular formula is C20H22N6O2S2. The van der Waals surface area contributed by atoms with Crippen LogP contribution in [0.2, 0.25) is 0 Å². The van der Waals surface area contributed by atoms with Gasteiger partial charge in [0.05, 0.1) is 24.6 Å². The molecule has 1 saturated heterocycles. The van der Waals surface area contributed by atoms with Gasteiger partial charge in [0.1, 0.15) is 10.8 Å². The molecule has 30 heavy (non-hydrogen) atoms. The van der Waals surface area contributed by atoms with Crippen LogP contribution in [0.5, 0.6) is 0 Å². The van der Waals surface area contributed by atoms with Crippen molar-refractivity contribution in [3.05, 3.63) is 40.2 Å². The molecule has 0 amide bonds. The van der Waals surface area contributed by atoms with E-state index >= 15 is 0 Å². The summed E-state index contributed by atoms with van der Waals surface area (Å²) in [6, 6.07) is 5.86. The lowest BCUT2D eigenvalue weighted by molar-refractivity contribution is -0.116. The van der Waals surface area contributed by atoms with Gasteiger partial charge in [0.2, 0.25) is 5.95 Å². The molecule has 0 spiro atoms. The minimum Gasteiger partial charge on any atom is -0.467 e. The second kappa shape index (κ2) is 9.45. The van der Waals surface area contributed by atoms with Gasteiger partial charge in [0.25, 0.3) is 0 Å². The minimum atomic E-state index is -0.848. The number of nitrogens with zero attached hydrogens (tertiary/aromatic N) is 6. The third-order valence-electron chi connectivity index (χ3n) is 4.91. The number of ketones is 1. The summed E-state index contributed by atoms with van der Waals surface area (Å²) < 4.78 is 7.52. The second-order valence-electron chi connectivity index (χ2n) is 7.14. The Balaban J connectivity index is 1.52. The predicted molar refractivity (Wildman–Crippen MR) is 115 cm³/mol. The Hall–Kier alpha value is -2.64. The molecule has 0 unspecified atom stereocenters. The molecule has 4 rings (SSSR count). The maximum Gasteiger partial charge on any atom is 0.228 e. The van der Waals surface area contributed by atoms with Crippen molar-refractivity contribution in [3.63, 3.8) is 0 Å². The molecule has 0 saturated carbocycles. The summed E-state index contributed by atoms with van der Waals surface area (Å²) in [5.41, 5.74) is 0.820. The molecule has 8 nitrogen and oxygen atoms in total. The Morgan fingerprint density at radius 1 is 1.37 bits per heavy atom. The largest absolute Gasteiger partial charge is 0.467 e. The SMILES string of the molecule is Cc1csc([C@H](C#N)C(=O)CSc2nnc(N3CCCCC3)n2Cc2ccco2)n1. The highest BCUT2D eigenvalue weighted by molar-refractivity contribution is 7.99. The fourth-order valence-corrected chi connectivity index (χ4v) is 5.10. The Labute approximate surface area is 182 Å². The third-order valence-corrected chi connectivity index (χ3v) is 6.93. The zero-order valence-electron chi connectivity index (χ0n) is 16.7. The zero-order chi connectivity index (χ0) is 20.9. The summed E-state index contributed by atoms with van der Waals surface area (Å²) in [5.74, 6) is 0.707. The lowest BCUT2D eigenvalue weighted by Gasteiger charge is -2.27. The van der Waals surface area contributed by atoms with Gasteiger partial charge in [-0.1, -0.05) is 11.8 Å². The van der Waals surface area contributed by atoms with Crippen LogP contribution >= 0.6 is 23.1 Å². The van der Waals surface area contributed by atoms with E-state index in [1.807, 2.05) is 29.0 Å². The number of Topliss-reactive ketones (excluding diaryl/α,β-unsaturated/α-hetero) is 1. The maximum absolute atomic E-state index is 12.7. The average Bonchev–Trinajstić information content (AvgIpc) is 3.50. The normalized spacial score (nSPS) is 15.1. The van der Waals surface area contributed by atoms with Gasteiger partial charge in [0, 0.05) is 24.2 Å². The number of furan rings is 1. The number of rotatable bonds is 8. The number of aryl methyl sites for hydroxylation is 1. The Morgan fingerprint density at radius 3 is 2.87 bits per heavy atom. The maximum atomic E-state index is 12.7. The van der Waals surface area contributed by atoms with Crippen LogP contribution in [-0.2, 0) is 11.3 Å². The summed E-state index contributed by atoms with van der Waals surface area (Å²) in [6.07, 6.45) is 5.13. The van der Waals surface area contributed by atoms with Crippen molar-refractivity contribution in [1.82, 2.24) is 19.7 Å². The molecule has 3 aromatic heterocycles. The second-order valence-corrected chi connectivity index (χ2v) is 8.97. The van der Waals surface area contributed by atoms with Gasteiger partial charge in [-0.2, -0.15) is 5.26 Å². The first kappa shape index (κ1) is 20.6. The molecule has 1 atom stereocenters. The first-order valence-electron chi connectivity index (χ1n) is 9.83. The van der Waals surface area contributed by atoms with E-state index in [-0.39, 0.29) is 11.5 Å². The third kappa shape index (κ3) is 4.57. The molecule has 156 valence electrons. The number of thiazole rings is 1. The van der Waals surface area contributed by atoms with Crippen molar-refractivity contribution in [2.75, 3.05) is 23.7 Å². The standard InChI is InChI=1S/C20H22N6O2S2/c1-14-12-29-18(22-14)16(10-21)17(27)13-30-20-24-23-19(25-7-3-2-4-8-25)26(20)11-15-6-5-9-28-15/h5-6,9,12,16H,2-4,7-8,11,13H2,1H3/t16-/m1/s1. The fraction of sp³-hybridized carbons (Fsp3) is 0.450. The quantitative estimate of drug-likeness (QED) is 0.487. The summed E-state index contributed by atoms with van der Waals surface area (Å²) in [5, 5.41) is 21.3. The first-order chi connectivity index (χ1) is 14.7. The molecular weight excluding hydrogens is 420 g/mol. The first-order valence-corrected chi connectivity index (χ1v) is 11.7. The van der Waals surface area contributed by atoms with Gasteiger partial charge < -0.3 is 9.32 Å². The number of hydrogen-bond acceptors (Lipinski definition) is 9. The van der Waals surface area contributed by atoms with E-state index in [0.29, 0.717) is 16.7 Å². The predicted octanol–water partition coefficient (Wildman–Crippen LogP) is 3.64. The van der Waals surface area contributed by atoms with Gasteiger partial charge >= 0.3 is 0 Å².